The van der Waals surface area contributed by atoms with Crippen molar-refractivity contribution in [2.75, 3.05) is 18.4 Å². The van der Waals surface area contributed by atoms with Crippen LogP contribution in [0.3, 0.4) is 0 Å². The lowest BCUT2D eigenvalue weighted by Gasteiger charge is -2.22. The molecule has 0 aromatic carbocycles. The average molecular weight is 385 g/mol. The van der Waals surface area contributed by atoms with Crippen LogP contribution in [0.2, 0.25) is 0 Å². The molecule has 3 rings (SSSR count). The van der Waals surface area contributed by atoms with Gasteiger partial charge >= 0.3 is 0 Å². The van der Waals surface area contributed by atoms with Gasteiger partial charge in [0.15, 0.2) is 5.69 Å². The summed E-state index contributed by atoms with van der Waals surface area (Å²) in [5, 5.41) is 16.3. The number of hydrogen-bond donors (Lipinski definition) is 2. The third-order valence-electron chi connectivity index (χ3n) is 4.06. The molecule has 2 aromatic rings. The third-order valence-corrected chi connectivity index (χ3v) is 4.99. The second-order valence-electron chi connectivity index (χ2n) is 6.63. The summed E-state index contributed by atoms with van der Waals surface area (Å²) >= 11 is 1.51. The summed E-state index contributed by atoms with van der Waals surface area (Å²) in [6, 6.07) is 0.322. The summed E-state index contributed by atoms with van der Waals surface area (Å²) in [5.74, 6) is 0.270. The van der Waals surface area contributed by atoms with Crippen molar-refractivity contribution in [3.63, 3.8) is 0 Å². The molecule has 1 fully saturated rings. The van der Waals surface area contributed by atoms with Gasteiger partial charge in [0.2, 0.25) is 0 Å². The molecule has 1 aliphatic rings. The largest absolute Gasteiger partial charge is 0.317 e. The molecule has 138 valence electrons. The molecule has 0 radical (unpaired) electrons. The lowest BCUT2D eigenvalue weighted by molar-refractivity contribution is 0.102. The molecule has 3 heterocycles. The van der Waals surface area contributed by atoms with Crippen LogP contribution in [0, 0.1) is 12.8 Å². The van der Waals surface area contributed by atoms with Gasteiger partial charge < -0.3 is 10.6 Å². The van der Waals surface area contributed by atoms with Gasteiger partial charge in [-0.2, -0.15) is 0 Å². The van der Waals surface area contributed by atoms with Crippen LogP contribution in [0.25, 0.3) is 0 Å². The van der Waals surface area contributed by atoms with Gasteiger partial charge in [0.05, 0.1) is 22.9 Å². The monoisotopic (exact) mass is 384 g/mol. The van der Waals surface area contributed by atoms with Gasteiger partial charge in [-0.1, -0.05) is 19.1 Å². The number of thiazole rings is 1. The maximum atomic E-state index is 12.5. The number of anilines is 1. The van der Waals surface area contributed by atoms with Crippen LogP contribution < -0.4 is 10.6 Å². The molecule has 1 saturated heterocycles. The van der Waals surface area contributed by atoms with Crippen LogP contribution in [0.4, 0.5) is 5.00 Å². The summed E-state index contributed by atoms with van der Waals surface area (Å²) in [6.07, 6.45) is 4.62. The quantitative estimate of drug-likeness (QED) is 0.827. The molecule has 0 unspecified atom stereocenters. The Kier molecular flexibility index (Phi) is 6.92. The van der Waals surface area contributed by atoms with Crippen molar-refractivity contribution in [2.24, 2.45) is 5.92 Å². The lowest BCUT2D eigenvalue weighted by atomic mass is 10.1. The molecular weight excluding hydrogens is 360 g/mol. The fourth-order valence-electron chi connectivity index (χ4n) is 2.89. The minimum absolute atomic E-state index is 0. The number of carbonyl (C=O) groups is 1. The van der Waals surface area contributed by atoms with Crippen LogP contribution in [-0.4, -0.2) is 39.0 Å². The van der Waals surface area contributed by atoms with Crippen molar-refractivity contribution in [3.8, 4) is 0 Å². The minimum atomic E-state index is -0.219. The molecule has 0 spiro atoms. The number of halogens is 1. The Morgan fingerprint density at radius 1 is 1.44 bits per heavy atom. The Morgan fingerprint density at radius 2 is 2.16 bits per heavy atom. The molecule has 25 heavy (non-hydrogen) atoms. The van der Waals surface area contributed by atoms with E-state index < -0.39 is 0 Å². The van der Waals surface area contributed by atoms with Gasteiger partial charge in [0.1, 0.15) is 5.00 Å². The molecule has 7 nitrogen and oxygen atoms in total. The summed E-state index contributed by atoms with van der Waals surface area (Å²) in [5.41, 5.74) is 1.31. The van der Waals surface area contributed by atoms with Gasteiger partial charge in [-0.3, -0.25) is 4.79 Å². The standard InChI is InChI=1S/C16H24N6OS.ClH/c1-10(2)8-13-16(24-11(3)18-13)19-15(23)14-9-22(21-20-14)12-4-6-17-7-5-12;/h9-10,12,17H,4-8H2,1-3H3,(H,19,23);1H. The first-order valence-electron chi connectivity index (χ1n) is 8.43. The highest BCUT2D eigenvalue weighted by atomic mass is 35.5. The predicted molar refractivity (Wildman–Crippen MR) is 102 cm³/mol. The van der Waals surface area contributed by atoms with Crippen LogP contribution in [-0.2, 0) is 6.42 Å². The second kappa shape index (κ2) is 8.73. The van der Waals surface area contributed by atoms with Crippen molar-refractivity contribution < 1.29 is 4.79 Å². The van der Waals surface area contributed by atoms with E-state index in [2.05, 4.69) is 39.8 Å². The van der Waals surface area contributed by atoms with E-state index in [1.165, 1.54) is 11.3 Å². The zero-order valence-electron chi connectivity index (χ0n) is 14.8. The predicted octanol–water partition coefficient (Wildman–Crippen LogP) is 2.84. The zero-order valence-corrected chi connectivity index (χ0v) is 16.4. The van der Waals surface area contributed by atoms with E-state index in [1.807, 2.05) is 11.6 Å². The first kappa shape index (κ1) is 19.8. The molecule has 0 saturated carbocycles. The summed E-state index contributed by atoms with van der Waals surface area (Å²) in [7, 11) is 0. The van der Waals surface area contributed by atoms with E-state index in [0.29, 0.717) is 17.7 Å². The maximum Gasteiger partial charge on any atom is 0.278 e. The van der Waals surface area contributed by atoms with Gasteiger partial charge in [-0.05, 0) is 45.2 Å². The number of carbonyl (C=O) groups excluding carboxylic acids is 1. The normalized spacial score (nSPS) is 15.2. The first-order valence-corrected chi connectivity index (χ1v) is 9.24. The van der Waals surface area contributed by atoms with E-state index in [0.717, 1.165) is 48.1 Å². The van der Waals surface area contributed by atoms with E-state index in [4.69, 9.17) is 0 Å². The molecule has 0 atom stereocenters. The minimum Gasteiger partial charge on any atom is -0.317 e. The molecule has 2 aromatic heterocycles. The number of nitrogens with zero attached hydrogens (tertiary/aromatic N) is 4. The highest BCUT2D eigenvalue weighted by molar-refractivity contribution is 7.16. The fraction of sp³-hybridized carbons (Fsp3) is 0.625. The number of piperidine rings is 1. The Hall–Kier alpha value is -1.51. The molecule has 1 aliphatic heterocycles. The number of aromatic nitrogens is 4. The number of aryl methyl sites for hydroxylation is 1. The van der Waals surface area contributed by atoms with Crippen molar-refractivity contribution >= 4 is 34.7 Å². The van der Waals surface area contributed by atoms with Gasteiger partial charge in [0.25, 0.3) is 5.91 Å². The average Bonchev–Trinajstić information content (AvgIpc) is 3.15. The Labute approximate surface area is 158 Å². The van der Waals surface area contributed by atoms with Crippen LogP contribution in [0.5, 0.6) is 0 Å². The molecule has 9 heteroatoms. The first-order chi connectivity index (χ1) is 11.5. The Morgan fingerprint density at radius 3 is 2.84 bits per heavy atom. The number of hydrogen-bond acceptors (Lipinski definition) is 6. The molecule has 1 amide bonds. The van der Waals surface area contributed by atoms with Crippen LogP contribution in [0.1, 0.15) is 53.9 Å². The molecule has 2 N–H and O–H groups in total. The number of amides is 1. The number of nitrogens with one attached hydrogen (secondary N) is 2. The summed E-state index contributed by atoms with van der Waals surface area (Å²) in [6.45, 7) is 8.20. The maximum absolute atomic E-state index is 12.5. The fourth-order valence-corrected chi connectivity index (χ4v) is 3.73. The van der Waals surface area contributed by atoms with E-state index in [-0.39, 0.29) is 18.3 Å². The zero-order chi connectivity index (χ0) is 17.1. The number of rotatable bonds is 5. The SMILES string of the molecule is Cc1nc(CC(C)C)c(NC(=O)c2cn(C3CCNCC3)nn2)s1.Cl. The van der Waals surface area contributed by atoms with Gasteiger partial charge in [0, 0.05) is 0 Å². The van der Waals surface area contributed by atoms with E-state index in [9.17, 15) is 4.79 Å². The topological polar surface area (TPSA) is 84.7 Å². The molecule has 0 bridgehead atoms. The highest BCUT2D eigenvalue weighted by Gasteiger charge is 2.20. The second-order valence-corrected chi connectivity index (χ2v) is 7.83. The van der Waals surface area contributed by atoms with Crippen molar-refractivity contribution in [2.45, 2.75) is 46.1 Å². The van der Waals surface area contributed by atoms with E-state index >= 15 is 0 Å². The Bertz CT molecular complexity index is 707. The lowest BCUT2D eigenvalue weighted by Crippen LogP contribution is -2.29. The Balaban J connectivity index is 0.00000225. The van der Waals surface area contributed by atoms with Gasteiger partial charge in [-0.15, -0.1) is 28.8 Å². The summed E-state index contributed by atoms with van der Waals surface area (Å²) < 4.78 is 1.82. The van der Waals surface area contributed by atoms with Crippen molar-refractivity contribution in [3.05, 3.63) is 22.6 Å². The molecule has 0 aliphatic carbocycles. The third kappa shape index (κ3) is 4.99. The molecular formula is C16H25ClN6OS. The smallest absolute Gasteiger partial charge is 0.278 e. The van der Waals surface area contributed by atoms with Crippen molar-refractivity contribution in [1.29, 1.82) is 0 Å². The van der Waals surface area contributed by atoms with Gasteiger partial charge in [-0.25, -0.2) is 9.67 Å². The van der Waals surface area contributed by atoms with Crippen LogP contribution in [0.15, 0.2) is 6.20 Å². The highest BCUT2D eigenvalue weighted by Crippen LogP contribution is 2.27. The van der Waals surface area contributed by atoms with Crippen LogP contribution >= 0.6 is 23.7 Å². The summed E-state index contributed by atoms with van der Waals surface area (Å²) in [4.78, 5) is 17.0. The van der Waals surface area contributed by atoms with Crippen molar-refractivity contribution in [1.82, 2.24) is 25.3 Å². The van der Waals surface area contributed by atoms with E-state index in [1.54, 1.807) is 6.20 Å².